The summed E-state index contributed by atoms with van der Waals surface area (Å²) >= 11 is 0. The molecule has 1 rings (SSSR count). The lowest BCUT2D eigenvalue weighted by Gasteiger charge is -2.23. The summed E-state index contributed by atoms with van der Waals surface area (Å²) in [6.45, 7) is 4.21. The summed E-state index contributed by atoms with van der Waals surface area (Å²) in [5.41, 5.74) is 6.76. The molecule has 0 aromatic heterocycles. The Bertz CT molecular complexity index is 457. The Morgan fingerprint density at radius 1 is 1.32 bits per heavy atom. The van der Waals surface area contributed by atoms with Gasteiger partial charge in [-0.1, -0.05) is 19.1 Å². The maximum Gasteiger partial charge on any atom is 0.226 e. The number of benzene rings is 1. The quantitative estimate of drug-likeness (QED) is 0.887. The molecule has 0 aliphatic rings. The Morgan fingerprint density at radius 3 is 2.26 bits per heavy atom. The predicted molar refractivity (Wildman–Crippen MR) is 78.1 cm³/mol. The maximum absolute atomic E-state index is 12.1. The average molecular weight is 282 g/mol. The molecule has 0 aliphatic carbocycles. The van der Waals surface area contributed by atoms with Crippen molar-refractivity contribution in [1.82, 2.24) is 4.90 Å². The molecule has 0 radical (unpaired) electrons. The SMILES string of the molecule is CC(N)C(C)C(=O)N(C)Cc1ccc(S(C)=O)cc1. The highest BCUT2D eigenvalue weighted by Gasteiger charge is 2.20. The van der Waals surface area contributed by atoms with E-state index in [0.717, 1.165) is 10.5 Å². The minimum absolute atomic E-state index is 0.0399. The van der Waals surface area contributed by atoms with Crippen molar-refractivity contribution in [3.63, 3.8) is 0 Å². The smallest absolute Gasteiger partial charge is 0.226 e. The van der Waals surface area contributed by atoms with E-state index in [-0.39, 0.29) is 17.9 Å². The van der Waals surface area contributed by atoms with Crippen molar-refractivity contribution in [3.8, 4) is 0 Å². The first kappa shape index (κ1) is 15.9. The molecule has 1 aromatic carbocycles. The van der Waals surface area contributed by atoms with Gasteiger partial charge in [0.2, 0.25) is 5.91 Å². The second-order valence-electron chi connectivity index (χ2n) is 4.94. The molecule has 0 aliphatic heterocycles. The van der Waals surface area contributed by atoms with Crippen LogP contribution in [0.25, 0.3) is 0 Å². The molecule has 4 nitrogen and oxygen atoms in total. The fourth-order valence-corrected chi connectivity index (χ4v) is 2.23. The fourth-order valence-electron chi connectivity index (χ4n) is 1.71. The Kier molecular flexibility index (Phi) is 5.69. The summed E-state index contributed by atoms with van der Waals surface area (Å²) in [7, 11) is 0.802. The predicted octanol–water partition coefficient (Wildman–Crippen LogP) is 1.37. The number of carbonyl (C=O) groups excluding carboxylic acids is 1. The van der Waals surface area contributed by atoms with E-state index in [0.29, 0.717) is 6.54 Å². The van der Waals surface area contributed by atoms with Gasteiger partial charge in [0.05, 0.1) is 5.92 Å². The molecular weight excluding hydrogens is 260 g/mol. The van der Waals surface area contributed by atoms with E-state index < -0.39 is 10.8 Å². The lowest BCUT2D eigenvalue weighted by atomic mass is 10.0. The molecule has 0 saturated heterocycles. The molecule has 0 saturated carbocycles. The molecule has 0 bridgehead atoms. The fraction of sp³-hybridized carbons (Fsp3) is 0.500. The van der Waals surface area contributed by atoms with Crippen molar-refractivity contribution in [2.24, 2.45) is 11.7 Å². The molecule has 3 unspecified atom stereocenters. The van der Waals surface area contributed by atoms with Gasteiger partial charge in [-0.05, 0) is 24.6 Å². The normalized spacial score (nSPS) is 15.6. The number of nitrogens with two attached hydrogens (primary N) is 1. The van der Waals surface area contributed by atoms with Gasteiger partial charge >= 0.3 is 0 Å². The topological polar surface area (TPSA) is 63.4 Å². The van der Waals surface area contributed by atoms with Gasteiger partial charge in [-0.3, -0.25) is 9.00 Å². The first-order valence-electron chi connectivity index (χ1n) is 6.26. The van der Waals surface area contributed by atoms with E-state index in [2.05, 4.69) is 0 Å². The third-order valence-electron chi connectivity index (χ3n) is 3.23. The van der Waals surface area contributed by atoms with Crippen molar-refractivity contribution >= 4 is 16.7 Å². The van der Waals surface area contributed by atoms with Gasteiger partial charge < -0.3 is 10.6 Å². The molecule has 0 fully saturated rings. The number of hydrogen-bond donors (Lipinski definition) is 1. The van der Waals surface area contributed by atoms with Crippen molar-refractivity contribution in [3.05, 3.63) is 29.8 Å². The summed E-state index contributed by atoms with van der Waals surface area (Å²) in [6.07, 6.45) is 1.65. The van der Waals surface area contributed by atoms with E-state index in [4.69, 9.17) is 5.73 Å². The Labute approximate surface area is 117 Å². The molecule has 2 N–H and O–H groups in total. The second kappa shape index (κ2) is 6.82. The number of hydrogen-bond acceptors (Lipinski definition) is 3. The number of amides is 1. The van der Waals surface area contributed by atoms with Crippen LogP contribution >= 0.6 is 0 Å². The summed E-state index contributed by atoms with van der Waals surface area (Å²) in [5, 5.41) is 0. The van der Waals surface area contributed by atoms with Crippen LogP contribution in [-0.2, 0) is 22.1 Å². The molecule has 5 heteroatoms. The molecule has 1 amide bonds. The first-order chi connectivity index (χ1) is 8.82. The van der Waals surface area contributed by atoms with Gasteiger partial charge in [-0.15, -0.1) is 0 Å². The van der Waals surface area contributed by atoms with Crippen LogP contribution in [0.4, 0.5) is 0 Å². The van der Waals surface area contributed by atoms with Gasteiger partial charge in [0.15, 0.2) is 0 Å². The van der Waals surface area contributed by atoms with Crippen LogP contribution < -0.4 is 5.73 Å². The molecular formula is C14H22N2O2S. The van der Waals surface area contributed by atoms with Crippen LogP contribution in [0, 0.1) is 5.92 Å². The minimum Gasteiger partial charge on any atom is -0.341 e. The van der Waals surface area contributed by atoms with Crippen LogP contribution in [-0.4, -0.2) is 34.4 Å². The van der Waals surface area contributed by atoms with E-state index in [9.17, 15) is 9.00 Å². The molecule has 3 atom stereocenters. The van der Waals surface area contributed by atoms with Crippen LogP contribution in [0.1, 0.15) is 19.4 Å². The van der Waals surface area contributed by atoms with Gasteiger partial charge in [0.25, 0.3) is 0 Å². The lowest BCUT2D eigenvalue weighted by molar-refractivity contribution is -0.134. The third kappa shape index (κ3) is 4.44. The molecule has 106 valence electrons. The number of rotatable bonds is 5. The van der Waals surface area contributed by atoms with Crippen molar-refractivity contribution in [2.45, 2.75) is 31.3 Å². The van der Waals surface area contributed by atoms with Crippen LogP contribution in [0.5, 0.6) is 0 Å². The lowest BCUT2D eigenvalue weighted by Crippen LogP contribution is -2.39. The summed E-state index contributed by atoms with van der Waals surface area (Å²) in [6, 6.07) is 7.31. The highest BCUT2D eigenvalue weighted by Crippen LogP contribution is 2.12. The van der Waals surface area contributed by atoms with Crippen LogP contribution in [0.3, 0.4) is 0 Å². The third-order valence-corrected chi connectivity index (χ3v) is 4.17. The summed E-state index contributed by atoms with van der Waals surface area (Å²) in [5.74, 6) is -0.148. The Hall–Kier alpha value is -1.20. The van der Waals surface area contributed by atoms with Crippen LogP contribution in [0.2, 0.25) is 0 Å². The highest BCUT2D eigenvalue weighted by molar-refractivity contribution is 7.84. The first-order valence-corrected chi connectivity index (χ1v) is 7.81. The second-order valence-corrected chi connectivity index (χ2v) is 6.32. The van der Waals surface area contributed by atoms with E-state index in [1.165, 1.54) is 0 Å². The van der Waals surface area contributed by atoms with E-state index in [1.54, 1.807) is 18.2 Å². The number of nitrogens with zero attached hydrogens (tertiary/aromatic N) is 1. The van der Waals surface area contributed by atoms with Crippen LogP contribution in [0.15, 0.2) is 29.2 Å². The zero-order valence-electron chi connectivity index (χ0n) is 11.9. The molecule has 0 heterocycles. The Morgan fingerprint density at radius 2 is 1.84 bits per heavy atom. The monoisotopic (exact) mass is 282 g/mol. The van der Waals surface area contributed by atoms with E-state index in [1.807, 2.05) is 38.1 Å². The Balaban J connectivity index is 2.69. The standard InChI is InChI=1S/C14H22N2O2S/c1-10(11(2)15)14(17)16(3)9-12-5-7-13(8-6-12)19(4)18/h5-8,10-11H,9,15H2,1-4H3. The zero-order chi connectivity index (χ0) is 14.6. The van der Waals surface area contributed by atoms with E-state index >= 15 is 0 Å². The summed E-state index contributed by atoms with van der Waals surface area (Å²) in [4.78, 5) is 14.5. The van der Waals surface area contributed by atoms with Gasteiger partial charge in [0, 0.05) is 41.6 Å². The number of carbonyl (C=O) groups is 1. The largest absolute Gasteiger partial charge is 0.341 e. The van der Waals surface area contributed by atoms with Crippen molar-refractivity contribution < 1.29 is 9.00 Å². The van der Waals surface area contributed by atoms with Gasteiger partial charge in [0.1, 0.15) is 0 Å². The van der Waals surface area contributed by atoms with Crippen molar-refractivity contribution in [1.29, 1.82) is 0 Å². The summed E-state index contributed by atoms with van der Waals surface area (Å²) < 4.78 is 11.3. The van der Waals surface area contributed by atoms with Gasteiger partial charge in [-0.25, -0.2) is 0 Å². The average Bonchev–Trinajstić information content (AvgIpc) is 2.37. The van der Waals surface area contributed by atoms with Crippen molar-refractivity contribution in [2.75, 3.05) is 13.3 Å². The highest BCUT2D eigenvalue weighted by atomic mass is 32.2. The molecule has 19 heavy (non-hydrogen) atoms. The van der Waals surface area contributed by atoms with Gasteiger partial charge in [-0.2, -0.15) is 0 Å². The molecule has 1 aromatic rings. The minimum atomic E-state index is -0.969. The maximum atomic E-state index is 12.1. The molecule has 0 spiro atoms. The zero-order valence-corrected chi connectivity index (χ0v) is 12.7.